The van der Waals surface area contributed by atoms with Crippen molar-refractivity contribution < 1.29 is 18.9 Å². The molecule has 1 radical (unpaired) electrons. The Morgan fingerprint density at radius 1 is 1.21 bits per heavy atom. The first-order chi connectivity index (χ1) is 9.13. The van der Waals surface area contributed by atoms with Crippen molar-refractivity contribution in [2.45, 2.75) is 32.2 Å². The normalized spacial score (nSPS) is 15.5. The third kappa shape index (κ3) is 7.13. The molecule has 8 heteroatoms. The van der Waals surface area contributed by atoms with Crippen molar-refractivity contribution in [2.75, 3.05) is 25.1 Å². The zero-order chi connectivity index (χ0) is 14.1. The Labute approximate surface area is 122 Å². The second-order valence-corrected chi connectivity index (χ2v) is 6.83. The lowest BCUT2D eigenvalue weighted by molar-refractivity contribution is -0.139. The lowest BCUT2D eigenvalue weighted by Crippen LogP contribution is -2.35. The molecule has 0 aromatic rings. The van der Waals surface area contributed by atoms with E-state index in [0.717, 1.165) is 19.2 Å². The third-order valence-electron chi connectivity index (χ3n) is 2.71. The molecule has 1 aliphatic heterocycles. The molecule has 1 fully saturated rings. The van der Waals surface area contributed by atoms with Gasteiger partial charge in [0.25, 0.3) is 11.9 Å². The standard InChI is InChI=1S/C11H19BNO4S2/c1-3-4-10(14)16-12-17-11(15)5-6-13(2)9-7-18-19-8-9/h9H,3-8H2,1-2H3. The molecule has 0 aromatic heterocycles. The number of carbonyl (C=O) groups is 2. The average molecular weight is 304 g/mol. The summed E-state index contributed by atoms with van der Waals surface area (Å²) in [6.45, 7) is 2.53. The molecule has 1 rings (SSSR count). The van der Waals surface area contributed by atoms with Crippen LogP contribution in [-0.2, 0) is 18.9 Å². The van der Waals surface area contributed by atoms with Gasteiger partial charge in [0.2, 0.25) is 0 Å². The Bertz CT molecular complexity index is 300. The summed E-state index contributed by atoms with van der Waals surface area (Å²) in [5.41, 5.74) is 0. The Balaban J connectivity index is 2.05. The van der Waals surface area contributed by atoms with Gasteiger partial charge in [-0.1, -0.05) is 28.5 Å². The summed E-state index contributed by atoms with van der Waals surface area (Å²) in [5, 5.41) is 0. The highest BCUT2D eigenvalue weighted by atomic mass is 33.1. The Morgan fingerprint density at radius 2 is 1.79 bits per heavy atom. The highest BCUT2D eigenvalue weighted by Gasteiger charge is 2.21. The summed E-state index contributed by atoms with van der Waals surface area (Å²) in [6, 6.07) is 0.522. The van der Waals surface area contributed by atoms with Crippen molar-refractivity contribution >= 4 is 41.2 Å². The van der Waals surface area contributed by atoms with E-state index in [1.807, 2.05) is 35.6 Å². The van der Waals surface area contributed by atoms with E-state index in [2.05, 4.69) is 9.55 Å². The van der Waals surface area contributed by atoms with E-state index >= 15 is 0 Å². The quantitative estimate of drug-likeness (QED) is 0.497. The monoisotopic (exact) mass is 304 g/mol. The maximum absolute atomic E-state index is 11.4. The molecule has 5 nitrogen and oxygen atoms in total. The fraction of sp³-hybridized carbons (Fsp3) is 0.818. The molecule has 19 heavy (non-hydrogen) atoms. The van der Waals surface area contributed by atoms with Gasteiger partial charge in [-0.25, -0.2) is 0 Å². The van der Waals surface area contributed by atoms with E-state index in [9.17, 15) is 9.59 Å². The maximum atomic E-state index is 11.4. The van der Waals surface area contributed by atoms with Crippen LogP contribution in [0.4, 0.5) is 0 Å². The molecule has 0 aliphatic carbocycles. The summed E-state index contributed by atoms with van der Waals surface area (Å²) in [6.07, 6.45) is 1.33. The highest BCUT2D eigenvalue weighted by Crippen LogP contribution is 2.32. The summed E-state index contributed by atoms with van der Waals surface area (Å²) >= 11 is 0. The minimum Gasteiger partial charge on any atom is -0.500 e. The lowest BCUT2D eigenvalue weighted by atomic mass is 10.3. The molecular formula is C11H19BNO4S2. The predicted octanol–water partition coefficient (Wildman–Crippen LogP) is 1.49. The van der Waals surface area contributed by atoms with Crippen LogP contribution in [-0.4, -0.2) is 55.7 Å². The fourth-order valence-electron chi connectivity index (χ4n) is 1.46. The predicted molar refractivity (Wildman–Crippen MR) is 78.8 cm³/mol. The van der Waals surface area contributed by atoms with Gasteiger partial charge < -0.3 is 14.2 Å². The molecule has 0 N–H and O–H groups in total. The average Bonchev–Trinajstić information content (AvgIpc) is 2.90. The van der Waals surface area contributed by atoms with Crippen molar-refractivity contribution in [3.8, 4) is 0 Å². The van der Waals surface area contributed by atoms with E-state index in [1.165, 1.54) is 0 Å². The molecule has 0 amide bonds. The summed E-state index contributed by atoms with van der Waals surface area (Å²) in [7, 11) is 6.57. The summed E-state index contributed by atoms with van der Waals surface area (Å²) < 4.78 is 9.36. The molecular weight excluding hydrogens is 285 g/mol. The number of hydrogen-bond donors (Lipinski definition) is 0. The van der Waals surface area contributed by atoms with Crippen LogP contribution in [0.1, 0.15) is 26.2 Å². The van der Waals surface area contributed by atoms with Gasteiger partial charge in [-0.05, 0) is 13.5 Å². The van der Waals surface area contributed by atoms with Crippen LogP contribution in [0.2, 0.25) is 0 Å². The topological polar surface area (TPSA) is 55.8 Å². The lowest BCUT2D eigenvalue weighted by Gasteiger charge is -2.22. The molecule has 0 bridgehead atoms. The Morgan fingerprint density at radius 3 is 2.37 bits per heavy atom. The van der Waals surface area contributed by atoms with Crippen LogP contribution in [0.25, 0.3) is 0 Å². The fourth-order valence-corrected chi connectivity index (χ4v) is 4.38. The molecule has 0 unspecified atom stereocenters. The molecule has 1 heterocycles. The first kappa shape index (κ1) is 16.7. The van der Waals surface area contributed by atoms with E-state index in [0.29, 0.717) is 31.8 Å². The van der Waals surface area contributed by atoms with Gasteiger partial charge in [-0.3, -0.25) is 9.59 Å². The van der Waals surface area contributed by atoms with Crippen LogP contribution in [0.3, 0.4) is 0 Å². The van der Waals surface area contributed by atoms with E-state index in [4.69, 9.17) is 4.65 Å². The van der Waals surface area contributed by atoms with E-state index < -0.39 is 0 Å². The molecule has 107 valence electrons. The van der Waals surface area contributed by atoms with E-state index in [-0.39, 0.29) is 11.9 Å². The van der Waals surface area contributed by atoms with Crippen molar-refractivity contribution in [1.82, 2.24) is 4.90 Å². The minimum atomic E-state index is -0.382. The first-order valence-electron chi connectivity index (χ1n) is 6.28. The highest BCUT2D eigenvalue weighted by molar-refractivity contribution is 8.77. The Hall–Kier alpha value is -0.335. The van der Waals surface area contributed by atoms with E-state index in [1.54, 1.807) is 0 Å². The molecule has 1 saturated heterocycles. The largest absolute Gasteiger partial charge is 0.662 e. The van der Waals surface area contributed by atoms with Crippen LogP contribution >= 0.6 is 21.6 Å². The molecule has 0 atom stereocenters. The van der Waals surface area contributed by atoms with Gasteiger partial charge >= 0.3 is 7.69 Å². The van der Waals surface area contributed by atoms with Crippen molar-refractivity contribution in [1.29, 1.82) is 0 Å². The van der Waals surface area contributed by atoms with Gasteiger partial charge in [0.15, 0.2) is 0 Å². The zero-order valence-electron chi connectivity index (χ0n) is 11.3. The summed E-state index contributed by atoms with van der Waals surface area (Å²) in [5.74, 6) is 1.43. The second-order valence-electron chi connectivity index (χ2n) is 4.28. The van der Waals surface area contributed by atoms with Crippen LogP contribution < -0.4 is 0 Å². The van der Waals surface area contributed by atoms with Gasteiger partial charge in [-0.15, -0.1) is 0 Å². The van der Waals surface area contributed by atoms with Crippen molar-refractivity contribution in [3.63, 3.8) is 0 Å². The third-order valence-corrected chi connectivity index (χ3v) is 5.23. The maximum Gasteiger partial charge on any atom is 0.662 e. The number of rotatable bonds is 8. The molecule has 0 aromatic carbocycles. The van der Waals surface area contributed by atoms with Gasteiger partial charge in [0.05, 0.1) is 6.42 Å². The molecule has 1 aliphatic rings. The molecule has 0 spiro atoms. The van der Waals surface area contributed by atoms with Crippen LogP contribution in [0.5, 0.6) is 0 Å². The van der Waals surface area contributed by atoms with Gasteiger partial charge in [-0.2, -0.15) is 0 Å². The number of nitrogens with zero attached hydrogens (tertiary/aromatic N) is 1. The number of carbonyl (C=O) groups excluding carboxylic acids is 2. The van der Waals surface area contributed by atoms with Gasteiger partial charge in [0.1, 0.15) is 0 Å². The minimum absolute atomic E-state index is 0.296. The Kier molecular flexibility index (Phi) is 8.40. The smallest absolute Gasteiger partial charge is 0.500 e. The second kappa shape index (κ2) is 9.55. The van der Waals surface area contributed by atoms with Gasteiger partial charge in [0, 0.05) is 30.5 Å². The molecule has 0 saturated carbocycles. The summed E-state index contributed by atoms with van der Waals surface area (Å²) in [4.78, 5) is 24.6. The zero-order valence-corrected chi connectivity index (χ0v) is 12.9. The van der Waals surface area contributed by atoms with Crippen LogP contribution in [0.15, 0.2) is 0 Å². The SMILES string of the molecule is CCCC(=O)O[B]OC(=O)CCN(C)C1CSSC1. The number of hydrogen-bond acceptors (Lipinski definition) is 7. The van der Waals surface area contributed by atoms with Crippen LogP contribution in [0, 0.1) is 0 Å². The van der Waals surface area contributed by atoms with Crippen molar-refractivity contribution in [2.24, 2.45) is 0 Å². The first-order valence-corrected chi connectivity index (χ1v) is 8.77. The van der Waals surface area contributed by atoms with Crippen molar-refractivity contribution in [3.05, 3.63) is 0 Å².